The Hall–Kier alpha value is -0.830. The average Bonchev–Trinajstić information content (AvgIpc) is 3.05. The molecule has 1 heterocycles. The molecule has 0 unspecified atom stereocenters. The Kier molecular flexibility index (Phi) is 3.78. The van der Waals surface area contributed by atoms with Gasteiger partial charge in [0.05, 0.1) is 0 Å². The summed E-state index contributed by atoms with van der Waals surface area (Å²) in [5.41, 5.74) is 0.371. The second-order valence-corrected chi connectivity index (χ2v) is 7.41. The first-order valence-electron chi connectivity index (χ1n) is 7.02. The van der Waals surface area contributed by atoms with Crippen molar-refractivity contribution in [2.24, 2.45) is 11.3 Å². The molecule has 0 atom stereocenters. The minimum Gasteiger partial charge on any atom is -0.369 e. The molecule has 1 aromatic heterocycles. The highest BCUT2D eigenvalue weighted by atomic mass is 35.5. The Morgan fingerprint density at radius 3 is 2.42 bits per heavy atom. The van der Waals surface area contributed by atoms with Crippen LogP contribution in [0.25, 0.3) is 0 Å². The van der Waals surface area contributed by atoms with E-state index in [1.807, 2.05) is 6.07 Å². The topological polar surface area (TPSA) is 37.8 Å². The molecule has 1 aliphatic carbocycles. The number of aromatic nitrogens is 2. The molecule has 0 bridgehead atoms. The van der Waals surface area contributed by atoms with Gasteiger partial charge in [0.15, 0.2) is 0 Å². The molecule has 0 radical (unpaired) electrons. The van der Waals surface area contributed by atoms with Crippen LogP contribution in [-0.2, 0) is 5.41 Å². The van der Waals surface area contributed by atoms with Gasteiger partial charge >= 0.3 is 0 Å². The molecule has 0 aliphatic heterocycles. The third kappa shape index (κ3) is 3.38. The van der Waals surface area contributed by atoms with Crippen molar-refractivity contribution in [3.63, 3.8) is 0 Å². The van der Waals surface area contributed by atoms with Gasteiger partial charge in [-0.25, -0.2) is 9.97 Å². The van der Waals surface area contributed by atoms with Gasteiger partial charge in [-0.3, -0.25) is 0 Å². The molecule has 1 fully saturated rings. The van der Waals surface area contributed by atoms with Gasteiger partial charge in [-0.05, 0) is 24.2 Å². The lowest BCUT2D eigenvalue weighted by Gasteiger charge is -2.22. The minimum atomic E-state index is -0.0867. The molecule has 106 valence electrons. The summed E-state index contributed by atoms with van der Waals surface area (Å²) in [5, 5.41) is 3.96. The molecular weight excluding hydrogens is 258 g/mol. The highest BCUT2D eigenvalue weighted by molar-refractivity contribution is 6.29. The van der Waals surface area contributed by atoms with Gasteiger partial charge in [0, 0.05) is 18.0 Å². The monoisotopic (exact) mass is 281 g/mol. The van der Waals surface area contributed by atoms with Crippen molar-refractivity contribution in [3.05, 3.63) is 17.0 Å². The fourth-order valence-corrected chi connectivity index (χ4v) is 2.41. The van der Waals surface area contributed by atoms with E-state index in [0.717, 1.165) is 18.2 Å². The van der Waals surface area contributed by atoms with Crippen molar-refractivity contribution in [1.82, 2.24) is 9.97 Å². The molecule has 4 heteroatoms. The number of halogens is 1. The van der Waals surface area contributed by atoms with Crippen LogP contribution < -0.4 is 5.32 Å². The number of nitrogens with zero attached hydrogens (tertiary/aromatic N) is 2. The number of anilines is 1. The maximum Gasteiger partial charge on any atom is 0.137 e. The third-order valence-electron chi connectivity index (χ3n) is 4.10. The van der Waals surface area contributed by atoms with Crippen molar-refractivity contribution in [3.8, 4) is 0 Å². The Balaban J connectivity index is 2.11. The summed E-state index contributed by atoms with van der Waals surface area (Å²) in [6.45, 7) is 11.9. The quantitative estimate of drug-likeness (QED) is 0.837. The van der Waals surface area contributed by atoms with Crippen LogP contribution in [0, 0.1) is 11.3 Å². The van der Waals surface area contributed by atoms with Crippen LogP contribution in [0.3, 0.4) is 0 Å². The van der Waals surface area contributed by atoms with E-state index in [1.54, 1.807) is 0 Å². The highest BCUT2D eigenvalue weighted by Crippen LogP contribution is 2.51. The third-order valence-corrected chi connectivity index (χ3v) is 4.30. The molecule has 0 amide bonds. The van der Waals surface area contributed by atoms with Gasteiger partial charge in [0.1, 0.15) is 16.8 Å². The van der Waals surface area contributed by atoms with E-state index in [0.29, 0.717) is 16.5 Å². The van der Waals surface area contributed by atoms with E-state index in [9.17, 15) is 0 Å². The van der Waals surface area contributed by atoms with E-state index in [2.05, 4.69) is 49.9 Å². The maximum absolute atomic E-state index is 6.09. The number of hydrogen-bond donors (Lipinski definition) is 1. The zero-order chi connectivity index (χ0) is 14.3. The van der Waals surface area contributed by atoms with Crippen molar-refractivity contribution >= 4 is 17.4 Å². The highest BCUT2D eigenvalue weighted by Gasteiger charge is 2.45. The van der Waals surface area contributed by atoms with Crippen LogP contribution in [-0.4, -0.2) is 16.5 Å². The molecule has 2 rings (SSSR count). The van der Waals surface area contributed by atoms with Crippen LogP contribution in [0.4, 0.5) is 5.82 Å². The predicted octanol–water partition coefficient (Wildman–Crippen LogP) is 4.28. The molecule has 0 saturated heterocycles. The summed E-state index contributed by atoms with van der Waals surface area (Å²) in [5.74, 6) is 2.34. The SMILES string of the molecule is CC(C)C1(CNc2cc(Cl)nc(C(C)(C)C)n2)CC1. The Bertz CT molecular complexity index is 459. The fraction of sp³-hybridized carbons (Fsp3) is 0.733. The van der Waals surface area contributed by atoms with Crippen molar-refractivity contribution in [2.45, 2.75) is 52.9 Å². The van der Waals surface area contributed by atoms with Gasteiger partial charge in [0.25, 0.3) is 0 Å². The standard InChI is InChI=1S/C15H24ClN3/c1-10(2)15(6-7-15)9-17-12-8-11(16)18-13(19-12)14(3,4)5/h8,10H,6-7,9H2,1-5H3,(H,17,18,19). The summed E-state index contributed by atoms with van der Waals surface area (Å²) >= 11 is 6.09. The molecule has 19 heavy (non-hydrogen) atoms. The van der Waals surface area contributed by atoms with E-state index < -0.39 is 0 Å². The van der Waals surface area contributed by atoms with Gasteiger partial charge in [-0.15, -0.1) is 0 Å². The second-order valence-electron chi connectivity index (χ2n) is 7.02. The summed E-state index contributed by atoms with van der Waals surface area (Å²) in [7, 11) is 0. The van der Waals surface area contributed by atoms with E-state index in [4.69, 9.17) is 11.6 Å². The van der Waals surface area contributed by atoms with Crippen molar-refractivity contribution in [2.75, 3.05) is 11.9 Å². The van der Waals surface area contributed by atoms with Crippen LogP contribution in [0.5, 0.6) is 0 Å². The second kappa shape index (κ2) is 4.93. The lowest BCUT2D eigenvalue weighted by molar-refractivity contribution is 0.379. The minimum absolute atomic E-state index is 0.0867. The van der Waals surface area contributed by atoms with Gasteiger partial charge in [-0.1, -0.05) is 46.2 Å². The first-order chi connectivity index (χ1) is 8.73. The van der Waals surface area contributed by atoms with E-state index in [-0.39, 0.29) is 5.41 Å². The van der Waals surface area contributed by atoms with Crippen LogP contribution in [0.2, 0.25) is 5.15 Å². The van der Waals surface area contributed by atoms with Gasteiger partial charge < -0.3 is 5.32 Å². The first kappa shape index (κ1) is 14.6. The largest absolute Gasteiger partial charge is 0.369 e. The Labute approximate surface area is 121 Å². The number of rotatable bonds is 4. The molecule has 1 N–H and O–H groups in total. The van der Waals surface area contributed by atoms with Crippen LogP contribution in [0.1, 0.15) is 53.3 Å². The summed E-state index contributed by atoms with van der Waals surface area (Å²) < 4.78 is 0. The van der Waals surface area contributed by atoms with Crippen LogP contribution in [0.15, 0.2) is 6.07 Å². The smallest absolute Gasteiger partial charge is 0.137 e. The summed E-state index contributed by atoms with van der Waals surface area (Å²) in [6.07, 6.45) is 2.62. The average molecular weight is 282 g/mol. The van der Waals surface area contributed by atoms with E-state index >= 15 is 0 Å². The molecule has 3 nitrogen and oxygen atoms in total. The Morgan fingerprint density at radius 2 is 1.95 bits per heavy atom. The fourth-order valence-electron chi connectivity index (χ4n) is 2.23. The molecule has 1 saturated carbocycles. The first-order valence-corrected chi connectivity index (χ1v) is 7.40. The zero-order valence-electron chi connectivity index (χ0n) is 12.5. The maximum atomic E-state index is 6.09. The molecule has 0 spiro atoms. The van der Waals surface area contributed by atoms with Crippen LogP contribution >= 0.6 is 11.6 Å². The lowest BCUT2D eigenvalue weighted by atomic mass is 9.92. The summed E-state index contributed by atoms with van der Waals surface area (Å²) in [6, 6.07) is 1.81. The van der Waals surface area contributed by atoms with Crippen molar-refractivity contribution in [1.29, 1.82) is 0 Å². The predicted molar refractivity (Wildman–Crippen MR) is 80.7 cm³/mol. The van der Waals surface area contributed by atoms with Crippen molar-refractivity contribution < 1.29 is 0 Å². The van der Waals surface area contributed by atoms with E-state index in [1.165, 1.54) is 12.8 Å². The number of hydrogen-bond acceptors (Lipinski definition) is 3. The van der Waals surface area contributed by atoms with Gasteiger partial charge in [0.2, 0.25) is 0 Å². The summed E-state index contributed by atoms with van der Waals surface area (Å²) in [4.78, 5) is 8.90. The Morgan fingerprint density at radius 1 is 1.32 bits per heavy atom. The normalized spacial score (nSPS) is 17.6. The zero-order valence-corrected chi connectivity index (χ0v) is 13.3. The number of nitrogens with one attached hydrogen (secondary N) is 1. The molecule has 1 aliphatic rings. The molecular formula is C15H24ClN3. The molecule has 1 aromatic rings. The lowest BCUT2D eigenvalue weighted by Crippen LogP contribution is -2.23. The molecule has 0 aromatic carbocycles. The van der Waals surface area contributed by atoms with Gasteiger partial charge in [-0.2, -0.15) is 0 Å².